The van der Waals surface area contributed by atoms with Crippen LogP contribution in [-0.2, 0) is 6.42 Å². The van der Waals surface area contributed by atoms with E-state index >= 15 is 0 Å². The Morgan fingerprint density at radius 1 is 1.05 bits per heavy atom. The summed E-state index contributed by atoms with van der Waals surface area (Å²) in [6.45, 7) is 8.56. The van der Waals surface area contributed by atoms with Crippen molar-refractivity contribution in [2.75, 3.05) is 32.7 Å². The number of urea groups is 1. The predicted octanol–water partition coefficient (Wildman–Crippen LogP) is 1.87. The summed E-state index contributed by atoms with van der Waals surface area (Å²) in [5.41, 5.74) is 1.24. The van der Waals surface area contributed by atoms with Crippen molar-refractivity contribution in [3.63, 3.8) is 0 Å². The number of likely N-dealkylation sites (N-methyl/N-ethyl adjacent to an activating group) is 1. The van der Waals surface area contributed by atoms with Gasteiger partial charge in [-0.3, -0.25) is 0 Å². The van der Waals surface area contributed by atoms with Crippen molar-refractivity contribution in [2.45, 2.75) is 20.3 Å². The summed E-state index contributed by atoms with van der Waals surface area (Å²) in [7, 11) is 0. The largest absolute Gasteiger partial charge is 0.338 e. The molecule has 4 nitrogen and oxygen atoms in total. The topological polar surface area (TPSA) is 44.4 Å². The van der Waals surface area contributed by atoms with Gasteiger partial charge < -0.3 is 15.5 Å². The molecule has 0 saturated carbocycles. The Kier molecular flexibility index (Phi) is 7.66. The van der Waals surface area contributed by atoms with E-state index in [4.69, 9.17) is 0 Å². The molecule has 0 aromatic heterocycles. The van der Waals surface area contributed by atoms with E-state index in [0.717, 1.165) is 26.1 Å². The Bertz CT molecular complexity index is 350. The van der Waals surface area contributed by atoms with E-state index in [1.54, 1.807) is 0 Å². The molecule has 0 atom stereocenters. The lowest BCUT2D eigenvalue weighted by Gasteiger charge is -2.18. The minimum atomic E-state index is -0.0805. The second kappa shape index (κ2) is 9.39. The fraction of sp³-hybridized carbons (Fsp3) is 0.533. The molecule has 0 radical (unpaired) electrons. The number of hydrogen-bond acceptors (Lipinski definition) is 2. The van der Waals surface area contributed by atoms with Gasteiger partial charge in [0.1, 0.15) is 0 Å². The molecule has 0 heterocycles. The molecule has 19 heavy (non-hydrogen) atoms. The Morgan fingerprint density at radius 2 is 1.68 bits per heavy atom. The normalized spacial score (nSPS) is 10.5. The van der Waals surface area contributed by atoms with Crippen LogP contribution in [0.25, 0.3) is 0 Å². The highest BCUT2D eigenvalue weighted by atomic mass is 16.2. The van der Waals surface area contributed by atoms with Crippen LogP contribution in [0.2, 0.25) is 0 Å². The molecule has 2 N–H and O–H groups in total. The number of benzene rings is 1. The van der Waals surface area contributed by atoms with Crippen LogP contribution in [0.3, 0.4) is 0 Å². The first-order chi connectivity index (χ1) is 9.26. The molecule has 4 heteroatoms. The quantitative estimate of drug-likeness (QED) is 0.752. The molecule has 106 valence electrons. The maximum atomic E-state index is 11.6. The smallest absolute Gasteiger partial charge is 0.314 e. The number of rotatable bonds is 8. The van der Waals surface area contributed by atoms with Crippen molar-refractivity contribution < 1.29 is 4.79 Å². The van der Waals surface area contributed by atoms with Crippen molar-refractivity contribution in [3.05, 3.63) is 35.9 Å². The monoisotopic (exact) mass is 263 g/mol. The van der Waals surface area contributed by atoms with Crippen molar-refractivity contribution in [3.8, 4) is 0 Å². The van der Waals surface area contributed by atoms with Crippen LogP contribution in [0.4, 0.5) is 4.79 Å². The van der Waals surface area contributed by atoms with Gasteiger partial charge in [-0.2, -0.15) is 0 Å². The molecule has 0 fully saturated rings. The van der Waals surface area contributed by atoms with Crippen molar-refractivity contribution in [1.82, 2.24) is 15.5 Å². The van der Waals surface area contributed by atoms with E-state index in [2.05, 4.69) is 41.5 Å². The molecule has 0 aliphatic heterocycles. The third-order valence-corrected chi connectivity index (χ3v) is 3.15. The molecular formula is C15H25N3O. The highest BCUT2D eigenvalue weighted by Crippen LogP contribution is 1.97. The maximum Gasteiger partial charge on any atom is 0.314 e. The van der Waals surface area contributed by atoms with Gasteiger partial charge in [-0.25, -0.2) is 4.79 Å². The van der Waals surface area contributed by atoms with E-state index in [1.165, 1.54) is 5.56 Å². The lowest BCUT2D eigenvalue weighted by Crippen LogP contribution is -2.41. The van der Waals surface area contributed by atoms with Crippen LogP contribution in [0.15, 0.2) is 30.3 Å². The van der Waals surface area contributed by atoms with Gasteiger partial charge in [0.25, 0.3) is 0 Å². The summed E-state index contributed by atoms with van der Waals surface area (Å²) >= 11 is 0. The third-order valence-electron chi connectivity index (χ3n) is 3.15. The lowest BCUT2D eigenvalue weighted by molar-refractivity contribution is 0.237. The second-order valence-electron chi connectivity index (χ2n) is 4.45. The zero-order chi connectivity index (χ0) is 13.9. The average Bonchev–Trinajstić information content (AvgIpc) is 2.45. The molecule has 0 saturated heterocycles. The van der Waals surface area contributed by atoms with Crippen LogP contribution >= 0.6 is 0 Å². The van der Waals surface area contributed by atoms with E-state index in [-0.39, 0.29) is 6.03 Å². The average molecular weight is 263 g/mol. The summed E-state index contributed by atoms with van der Waals surface area (Å²) in [6.07, 6.45) is 0.865. The minimum Gasteiger partial charge on any atom is -0.338 e. The van der Waals surface area contributed by atoms with Gasteiger partial charge >= 0.3 is 6.03 Å². The minimum absolute atomic E-state index is 0.0805. The summed E-state index contributed by atoms with van der Waals surface area (Å²) in [5.74, 6) is 0. The number of carbonyl (C=O) groups is 1. The van der Waals surface area contributed by atoms with Gasteiger partial charge in [0.15, 0.2) is 0 Å². The highest BCUT2D eigenvalue weighted by Gasteiger charge is 2.01. The van der Waals surface area contributed by atoms with Crippen LogP contribution in [0.5, 0.6) is 0 Å². The molecule has 0 bridgehead atoms. The van der Waals surface area contributed by atoms with Gasteiger partial charge in [-0.05, 0) is 25.1 Å². The summed E-state index contributed by atoms with van der Waals surface area (Å²) < 4.78 is 0. The Hall–Kier alpha value is -1.55. The molecule has 2 amide bonds. The molecule has 0 spiro atoms. The van der Waals surface area contributed by atoms with Gasteiger partial charge in [-0.1, -0.05) is 44.2 Å². The molecule has 0 unspecified atom stereocenters. The standard InChI is InChI=1S/C15H25N3O/c1-3-18(4-2)13-12-17-15(19)16-11-10-14-8-6-5-7-9-14/h5-9H,3-4,10-13H2,1-2H3,(H2,16,17,19). The summed E-state index contributed by atoms with van der Waals surface area (Å²) in [4.78, 5) is 13.8. The van der Waals surface area contributed by atoms with Crippen molar-refractivity contribution in [1.29, 1.82) is 0 Å². The number of nitrogens with one attached hydrogen (secondary N) is 2. The zero-order valence-corrected chi connectivity index (χ0v) is 12.0. The van der Waals surface area contributed by atoms with Gasteiger partial charge in [0.2, 0.25) is 0 Å². The summed E-state index contributed by atoms with van der Waals surface area (Å²) in [6, 6.07) is 10.1. The van der Waals surface area contributed by atoms with Crippen LogP contribution in [0, 0.1) is 0 Å². The molecule has 1 aromatic rings. The molecular weight excluding hydrogens is 238 g/mol. The first-order valence-corrected chi connectivity index (χ1v) is 7.04. The van der Waals surface area contributed by atoms with Gasteiger partial charge in [0.05, 0.1) is 0 Å². The van der Waals surface area contributed by atoms with Gasteiger partial charge in [-0.15, -0.1) is 0 Å². The Morgan fingerprint density at radius 3 is 2.32 bits per heavy atom. The number of amides is 2. The fourth-order valence-corrected chi connectivity index (χ4v) is 1.89. The van der Waals surface area contributed by atoms with Crippen LogP contribution in [-0.4, -0.2) is 43.7 Å². The Labute approximate surface area is 116 Å². The van der Waals surface area contributed by atoms with Crippen LogP contribution < -0.4 is 10.6 Å². The first-order valence-electron chi connectivity index (χ1n) is 7.04. The predicted molar refractivity (Wildman–Crippen MR) is 79.3 cm³/mol. The number of nitrogens with zero attached hydrogens (tertiary/aromatic N) is 1. The van der Waals surface area contributed by atoms with E-state index < -0.39 is 0 Å². The van der Waals surface area contributed by atoms with Crippen molar-refractivity contribution >= 4 is 6.03 Å². The van der Waals surface area contributed by atoms with Crippen LogP contribution in [0.1, 0.15) is 19.4 Å². The number of hydrogen-bond donors (Lipinski definition) is 2. The number of carbonyl (C=O) groups excluding carboxylic acids is 1. The summed E-state index contributed by atoms with van der Waals surface area (Å²) in [5, 5.41) is 5.75. The SMILES string of the molecule is CCN(CC)CCNC(=O)NCCc1ccccc1. The zero-order valence-electron chi connectivity index (χ0n) is 12.0. The molecule has 0 aliphatic rings. The van der Waals surface area contributed by atoms with E-state index in [9.17, 15) is 4.79 Å². The fourth-order valence-electron chi connectivity index (χ4n) is 1.89. The lowest BCUT2D eigenvalue weighted by atomic mass is 10.1. The van der Waals surface area contributed by atoms with E-state index in [0.29, 0.717) is 13.1 Å². The third kappa shape index (κ3) is 6.82. The molecule has 1 rings (SSSR count). The first kappa shape index (κ1) is 15.5. The van der Waals surface area contributed by atoms with E-state index in [1.807, 2.05) is 18.2 Å². The maximum absolute atomic E-state index is 11.6. The highest BCUT2D eigenvalue weighted by molar-refractivity contribution is 5.73. The molecule has 1 aromatic carbocycles. The Balaban J connectivity index is 2.08. The second-order valence-corrected chi connectivity index (χ2v) is 4.45. The van der Waals surface area contributed by atoms with Crippen molar-refractivity contribution in [2.24, 2.45) is 0 Å². The molecule has 0 aliphatic carbocycles. The van der Waals surface area contributed by atoms with Gasteiger partial charge in [0, 0.05) is 19.6 Å².